The number of aromatic carboxylic acids is 1. The lowest BCUT2D eigenvalue weighted by molar-refractivity contribution is -0.112. The van der Waals surface area contributed by atoms with E-state index in [9.17, 15) is 19.2 Å². The minimum Gasteiger partial charge on any atom is -0.488 e. The highest BCUT2D eigenvalue weighted by molar-refractivity contribution is 6.11. The largest absolute Gasteiger partial charge is 0.488 e. The van der Waals surface area contributed by atoms with Gasteiger partial charge >= 0.3 is 5.97 Å². The lowest BCUT2D eigenvalue weighted by Crippen LogP contribution is -2.14. The maximum Gasteiger partial charge on any atom is 0.335 e. The lowest BCUT2D eigenvalue weighted by atomic mass is 10.0. The van der Waals surface area contributed by atoms with Crippen LogP contribution in [0.2, 0.25) is 0 Å². The number of hydrogen-bond acceptors (Lipinski definition) is 4. The van der Waals surface area contributed by atoms with Crippen LogP contribution in [0.5, 0.6) is 5.75 Å². The molecule has 7 heteroatoms. The van der Waals surface area contributed by atoms with E-state index < -0.39 is 11.9 Å². The van der Waals surface area contributed by atoms with Crippen molar-refractivity contribution in [2.75, 3.05) is 5.32 Å². The molecule has 0 radical (unpaired) electrons. The molecule has 0 aliphatic rings. The van der Waals surface area contributed by atoms with Crippen molar-refractivity contribution < 1.29 is 23.8 Å². The van der Waals surface area contributed by atoms with E-state index in [0.29, 0.717) is 11.3 Å². The Morgan fingerprint density at radius 1 is 1.00 bits per heavy atom. The monoisotopic (exact) mass is 466 g/mol. The Morgan fingerprint density at radius 3 is 2.51 bits per heavy atom. The molecule has 6 nitrogen and oxygen atoms in total. The van der Waals surface area contributed by atoms with Gasteiger partial charge in [-0.2, -0.15) is 5.26 Å². The van der Waals surface area contributed by atoms with Crippen molar-refractivity contribution in [2.45, 2.75) is 6.61 Å². The van der Waals surface area contributed by atoms with Crippen LogP contribution in [-0.2, 0) is 11.4 Å². The number of ether oxygens (including phenoxy) is 1. The number of fused-ring (bicyclic) bond motifs is 1. The molecule has 0 aliphatic heterocycles. The van der Waals surface area contributed by atoms with Crippen molar-refractivity contribution in [3.8, 4) is 11.8 Å². The summed E-state index contributed by atoms with van der Waals surface area (Å²) in [4.78, 5) is 24.1. The van der Waals surface area contributed by atoms with Gasteiger partial charge in [0.05, 0.1) is 5.56 Å². The Kier molecular flexibility index (Phi) is 6.84. The Bertz CT molecular complexity index is 1490. The minimum absolute atomic E-state index is 0.0100. The Hall–Kier alpha value is -4.96. The van der Waals surface area contributed by atoms with Crippen molar-refractivity contribution in [3.63, 3.8) is 0 Å². The van der Waals surface area contributed by atoms with Crippen LogP contribution >= 0.6 is 0 Å². The maximum atomic E-state index is 13.2. The van der Waals surface area contributed by atoms with E-state index in [1.165, 1.54) is 42.5 Å². The molecule has 0 aromatic heterocycles. The molecule has 0 fully saturated rings. The summed E-state index contributed by atoms with van der Waals surface area (Å²) in [5.74, 6) is -1.72. The van der Waals surface area contributed by atoms with Crippen molar-refractivity contribution >= 4 is 34.4 Å². The first kappa shape index (κ1) is 23.2. The van der Waals surface area contributed by atoms with Gasteiger partial charge < -0.3 is 15.2 Å². The predicted molar refractivity (Wildman–Crippen MR) is 130 cm³/mol. The number of carboxylic acids is 1. The quantitative estimate of drug-likeness (QED) is 0.265. The highest BCUT2D eigenvalue weighted by Gasteiger charge is 2.15. The van der Waals surface area contributed by atoms with Crippen LogP contribution in [0.15, 0.2) is 90.5 Å². The average Bonchev–Trinajstić information content (AvgIpc) is 2.87. The molecule has 4 aromatic rings. The molecule has 2 N–H and O–H groups in total. The van der Waals surface area contributed by atoms with Gasteiger partial charge in [-0.15, -0.1) is 0 Å². The third-order valence-corrected chi connectivity index (χ3v) is 5.26. The van der Waals surface area contributed by atoms with Crippen LogP contribution in [0, 0.1) is 17.1 Å². The first-order chi connectivity index (χ1) is 16.9. The normalized spacial score (nSPS) is 11.0. The topological polar surface area (TPSA) is 99.4 Å². The number of halogens is 1. The fourth-order valence-electron chi connectivity index (χ4n) is 3.51. The molecule has 1 amide bonds. The number of nitrogens with zero attached hydrogens (tertiary/aromatic N) is 1. The van der Waals surface area contributed by atoms with Gasteiger partial charge in [-0.3, -0.25) is 4.79 Å². The van der Waals surface area contributed by atoms with Gasteiger partial charge in [0.15, 0.2) is 0 Å². The van der Waals surface area contributed by atoms with Gasteiger partial charge in [-0.25, -0.2) is 9.18 Å². The van der Waals surface area contributed by atoms with Gasteiger partial charge in [-0.05, 0) is 58.8 Å². The van der Waals surface area contributed by atoms with Crippen molar-refractivity contribution in [3.05, 3.63) is 113 Å². The van der Waals surface area contributed by atoms with E-state index in [1.807, 2.05) is 36.4 Å². The molecule has 0 bridgehead atoms. The van der Waals surface area contributed by atoms with E-state index in [0.717, 1.165) is 16.3 Å². The van der Waals surface area contributed by atoms with Gasteiger partial charge in [0, 0.05) is 11.3 Å². The van der Waals surface area contributed by atoms with Crippen LogP contribution in [0.3, 0.4) is 0 Å². The number of nitriles is 1. The number of carbonyl (C=O) groups excluding carboxylic acids is 1. The zero-order chi connectivity index (χ0) is 24.8. The zero-order valence-corrected chi connectivity index (χ0v) is 18.4. The SMILES string of the molecule is N#C/C(=C/c1c(OCc2ccc(F)cc2)ccc2ccccc12)C(=O)Nc1cccc(C(=O)O)c1. The summed E-state index contributed by atoms with van der Waals surface area (Å²) in [6, 6.07) is 24.7. The van der Waals surface area contributed by atoms with Crippen LogP contribution in [0.25, 0.3) is 16.8 Å². The summed E-state index contributed by atoms with van der Waals surface area (Å²) < 4.78 is 19.2. The van der Waals surface area contributed by atoms with Crippen LogP contribution < -0.4 is 10.1 Å². The number of hydrogen-bond donors (Lipinski definition) is 2. The van der Waals surface area contributed by atoms with Crippen molar-refractivity contribution in [2.24, 2.45) is 0 Å². The third kappa shape index (κ3) is 5.52. The number of benzene rings is 4. The smallest absolute Gasteiger partial charge is 0.335 e. The number of carboxylic acid groups (broad SMARTS) is 1. The van der Waals surface area contributed by atoms with Gasteiger partial charge in [0.25, 0.3) is 5.91 Å². The number of rotatable bonds is 7. The van der Waals surface area contributed by atoms with E-state index in [2.05, 4.69) is 5.32 Å². The lowest BCUT2D eigenvalue weighted by Gasteiger charge is -2.13. The first-order valence-electron chi connectivity index (χ1n) is 10.6. The van der Waals surface area contributed by atoms with Gasteiger partial charge in [0.1, 0.15) is 29.8 Å². The summed E-state index contributed by atoms with van der Waals surface area (Å²) in [5, 5.41) is 23.1. The van der Waals surface area contributed by atoms with E-state index >= 15 is 0 Å². The molecule has 35 heavy (non-hydrogen) atoms. The summed E-state index contributed by atoms with van der Waals surface area (Å²) >= 11 is 0. The molecule has 0 aliphatic carbocycles. The van der Waals surface area contributed by atoms with E-state index in [-0.39, 0.29) is 29.2 Å². The molecule has 0 spiro atoms. The number of amides is 1. The van der Waals surface area contributed by atoms with Crippen molar-refractivity contribution in [1.29, 1.82) is 5.26 Å². The second kappa shape index (κ2) is 10.3. The Labute approximate surface area is 200 Å². The molecule has 0 saturated heterocycles. The average molecular weight is 466 g/mol. The predicted octanol–water partition coefficient (Wildman–Crippen LogP) is 5.80. The standard InChI is InChI=1S/C28H19FN2O4/c29-22-11-8-18(9-12-22)17-35-26-13-10-19-4-1-2-7-24(19)25(26)15-21(16-30)27(32)31-23-6-3-5-20(14-23)28(33)34/h1-15H,17H2,(H,31,32)(H,33,34)/b21-15-. The molecule has 0 heterocycles. The van der Waals surface area contributed by atoms with Crippen molar-refractivity contribution in [1.82, 2.24) is 0 Å². The number of carbonyl (C=O) groups is 2. The van der Waals surface area contributed by atoms with Crippen LogP contribution in [0.4, 0.5) is 10.1 Å². The van der Waals surface area contributed by atoms with Gasteiger partial charge in [-0.1, -0.05) is 48.5 Å². The van der Waals surface area contributed by atoms with E-state index in [1.54, 1.807) is 18.2 Å². The van der Waals surface area contributed by atoms with Gasteiger partial charge in [0.2, 0.25) is 0 Å². The molecule has 0 unspecified atom stereocenters. The molecular weight excluding hydrogens is 447 g/mol. The molecule has 4 rings (SSSR count). The molecule has 172 valence electrons. The highest BCUT2D eigenvalue weighted by Crippen LogP contribution is 2.31. The Balaban J connectivity index is 1.68. The molecule has 0 saturated carbocycles. The first-order valence-corrected chi connectivity index (χ1v) is 10.6. The fourth-order valence-corrected chi connectivity index (χ4v) is 3.51. The Morgan fingerprint density at radius 2 is 1.77 bits per heavy atom. The number of anilines is 1. The molecular formula is C28H19FN2O4. The third-order valence-electron chi connectivity index (χ3n) is 5.26. The maximum absolute atomic E-state index is 13.2. The number of nitrogens with one attached hydrogen (secondary N) is 1. The fraction of sp³-hybridized carbons (Fsp3) is 0.0357. The second-order valence-electron chi connectivity index (χ2n) is 7.62. The van der Waals surface area contributed by atoms with Crippen LogP contribution in [0.1, 0.15) is 21.5 Å². The summed E-state index contributed by atoms with van der Waals surface area (Å²) in [5.41, 5.74) is 1.37. The second-order valence-corrected chi connectivity index (χ2v) is 7.62. The highest BCUT2D eigenvalue weighted by atomic mass is 19.1. The van der Waals surface area contributed by atoms with Crippen LogP contribution in [-0.4, -0.2) is 17.0 Å². The molecule has 0 atom stereocenters. The summed E-state index contributed by atoms with van der Waals surface area (Å²) in [6.45, 7) is 0.162. The minimum atomic E-state index is -1.13. The summed E-state index contributed by atoms with van der Waals surface area (Å²) in [6.07, 6.45) is 1.44. The zero-order valence-electron chi connectivity index (χ0n) is 18.4. The molecule has 4 aromatic carbocycles. The summed E-state index contributed by atoms with van der Waals surface area (Å²) in [7, 11) is 0. The van der Waals surface area contributed by atoms with E-state index in [4.69, 9.17) is 9.84 Å².